The molecule has 0 saturated heterocycles. The van der Waals surface area contributed by atoms with Crippen LogP contribution in [0.1, 0.15) is 17.0 Å². The van der Waals surface area contributed by atoms with Gasteiger partial charge in [0.2, 0.25) is 5.91 Å². The van der Waals surface area contributed by atoms with E-state index < -0.39 is 5.92 Å². The lowest BCUT2D eigenvalue weighted by atomic mass is 9.89. The number of rotatable bonds is 1. The molecular weight excluding hydrogens is 393 g/mol. The van der Waals surface area contributed by atoms with Gasteiger partial charge in [-0.1, -0.05) is 23.4 Å². The van der Waals surface area contributed by atoms with Crippen LogP contribution < -0.4 is 10.6 Å². The van der Waals surface area contributed by atoms with Crippen molar-refractivity contribution in [2.45, 2.75) is 12.0 Å². The van der Waals surface area contributed by atoms with Gasteiger partial charge in [-0.3, -0.25) is 4.79 Å². The lowest BCUT2D eigenvalue weighted by molar-refractivity contribution is -0.117. The molecule has 2 heterocycles. The number of para-hydroxylation sites is 1. The quantitative estimate of drug-likeness (QED) is 0.388. The SMILES string of the molecule is O=C1Nc2ccc(I)cc2C1C1Nc2ccccc2/C1=N\O. The second-order valence-electron chi connectivity index (χ2n) is 5.35. The Morgan fingerprint density at radius 1 is 1.14 bits per heavy atom. The first kappa shape index (κ1) is 13.6. The summed E-state index contributed by atoms with van der Waals surface area (Å²) < 4.78 is 1.07. The lowest BCUT2D eigenvalue weighted by Gasteiger charge is -2.18. The van der Waals surface area contributed by atoms with Crippen molar-refractivity contribution in [2.75, 3.05) is 10.6 Å². The van der Waals surface area contributed by atoms with Crippen molar-refractivity contribution in [1.82, 2.24) is 0 Å². The highest BCUT2D eigenvalue weighted by atomic mass is 127. The number of carbonyl (C=O) groups excluding carboxylic acids is 1. The highest BCUT2D eigenvalue weighted by molar-refractivity contribution is 14.1. The number of hydrogen-bond donors (Lipinski definition) is 3. The van der Waals surface area contributed by atoms with Gasteiger partial charge >= 0.3 is 0 Å². The summed E-state index contributed by atoms with van der Waals surface area (Å²) in [5, 5.41) is 19.1. The molecule has 2 aliphatic rings. The fraction of sp³-hybridized carbons (Fsp3) is 0.125. The molecule has 1 amide bonds. The average Bonchev–Trinajstić information content (AvgIpc) is 3.03. The second-order valence-corrected chi connectivity index (χ2v) is 6.60. The number of anilines is 2. The van der Waals surface area contributed by atoms with Gasteiger partial charge in [0.15, 0.2) is 0 Å². The number of hydrogen-bond acceptors (Lipinski definition) is 4. The summed E-state index contributed by atoms with van der Waals surface area (Å²) in [4.78, 5) is 12.5. The zero-order valence-electron chi connectivity index (χ0n) is 11.4. The van der Waals surface area contributed by atoms with E-state index in [0.717, 1.165) is 26.1 Å². The van der Waals surface area contributed by atoms with Gasteiger partial charge in [0, 0.05) is 20.5 Å². The fourth-order valence-corrected chi connectivity index (χ4v) is 3.70. The van der Waals surface area contributed by atoms with E-state index in [-0.39, 0.29) is 11.9 Å². The summed E-state index contributed by atoms with van der Waals surface area (Å²) in [5.41, 5.74) is 3.98. The van der Waals surface area contributed by atoms with Crippen molar-refractivity contribution >= 4 is 45.6 Å². The van der Waals surface area contributed by atoms with Gasteiger partial charge < -0.3 is 15.8 Å². The van der Waals surface area contributed by atoms with Crippen LogP contribution in [0.5, 0.6) is 0 Å². The second kappa shape index (κ2) is 4.98. The van der Waals surface area contributed by atoms with Crippen LogP contribution in [0.3, 0.4) is 0 Å². The van der Waals surface area contributed by atoms with Gasteiger partial charge in [-0.2, -0.15) is 0 Å². The molecular formula is C16H12IN3O2. The average molecular weight is 405 g/mol. The van der Waals surface area contributed by atoms with E-state index in [9.17, 15) is 10.0 Å². The molecule has 0 aromatic heterocycles. The Labute approximate surface area is 140 Å². The van der Waals surface area contributed by atoms with Crippen molar-refractivity contribution in [1.29, 1.82) is 0 Å². The molecule has 0 bridgehead atoms. The molecule has 5 nitrogen and oxygen atoms in total. The molecule has 4 rings (SSSR count). The van der Waals surface area contributed by atoms with Crippen molar-refractivity contribution in [3.63, 3.8) is 0 Å². The Morgan fingerprint density at radius 2 is 1.95 bits per heavy atom. The van der Waals surface area contributed by atoms with E-state index in [0.29, 0.717) is 5.71 Å². The number of amides is 1. The Bertz CT molecular complexity index is 819. The van der Waals surface area contributed by atoms with Gasteiger partial charge in [-0.05, 0) is 52.4 Å². The van der Waals surface area contributed by atoms with E-state index in [1.165, 1.54) is 0 Å². The predicted molar refractivity (Wildman–Crippen MR) is 92.7 cm³/mol. The highest BCUT2D eigenvalue weighted by Gasteiger charge is 2.43. The van der Waals surface area contributed by atoms with E-state index in [4.69, 9.17) is 0 Å². The van der Waals surface area contributed by atoms with Crippen LogP contribution in [-0.4, -0.2) is 22.9 Å². The number of nitrogens with one attached hydrogen (secondary N) is 2. The van der Waals surface area contributed by atoms with Crippen molar-refractivity contribution < 1.29 is 10.0 Å². The van der Waals surface area contributed by atoms with Crippen LogP contribution in [0.4, 0.5) is 11.4 Å². The predicted octanol–water partition coefficient (Wildman–Crippen LogP) is 3.00. The van der Waals surface area contributed by atoms with E-state index in [2.05, 4.69) is 38.4 Å². The molecule has 110 valence electrons. The minimum atomic E-state index is -0.414. The Morgan fingerprint density at radius 3 is 2.77 bits per heavy atom. The smallest absolute Gasteiger partial charge is 0.234 e. The fourth-order valence-electron chi connectivity index (χ4n) is 3.18. The molecule has 3 N–H and O–H groups in total. The van der Waals surface area contributed by atoms with E-state index in [1.54, 1.807) is 0 Å². The molecule has 2 aliphatic heterocycles. The third kappa shape index (κ3) is 1.90. The molecule has 2 atom stereocenters. The van der Waals surface area contributed by atoms with Gasteiger partial charge in [0.05, 0.1) is 12.0 Å². The first-order valence-corrected chi connectivity index (χ1v) is 7.95. The molecule has 0 spiro atoms. The zero-order chi connectivity index (χ0) is 15.3. The molecule has 0 radical (unpaired) electrons. The first-order chi connectivity index (χ1) is 10.7. The van der Waals surface area contributed by atoms with Crippen molar-refractivity contribution in [2.24, 2.45) is 5.16 Å². The summed E-state index contributed by atoms with van der Waals surface area (Å²) in [6.07, 6.45) is 0. The topological polar surface area (TPSA) is 73.7 Å². The molecule has 0 fully saturated rings. The summed E-state index contributed by atoms with van der Waals surface area (Å²) in [7, 11) is 0. The maximum Gasteiger partial charge on any atom is 0.234 e. The summed E-state index contributed by atoms with van der Waals surface area (Å²) >= 11 is 2.23. The zero-order valence-corrected chi connectivity index (χ0v) is 13.5. The van der Waals surface area contributed by atoms with E-state index in [1.807, 2.05) is 42.5 Å². The maximum atomic E-state index is 12.5. The van der Waals surface area contributed by atoms with Gasteiger partial charge in [-0.15, -0.1) is 0 Å². The van der Waals surface area contributed by atoms with Crippen LogP contribution in [0, 0.1) is 3.57 Å². The van der Waals surface area contributed by atoms with Crippen LogP contribution in [0.25, 0.3) is 0 Å². The lowest BCUT2D eigenvalue weighted by Crippen LogP contribution is -2.34. The maximum absolute atomic E-state index is 12.5. The number of oxime groups is 1. The molecule has 2 aromatic rings. The Balaban J connectivity index is 1.81. The summed E-state index contributed by atoms with van der Waals surface area (Å²) in [6, 6.07) is 13.1. The monoisotopic (exact) mass is 405 g/mol. The van der Waals surface area contributed by atoms with Gasteiger partial charge in [0.25, 0.3) is 0 Å². The van der Waals surface area contributed by atoms with Crippen molar-refractivity contribution in [3.05, 3.63) is 57.2 Å². The van der Waals surface area contributed by atoms with E-state index >= 15 is 0 Å². The molecule has 6 heteroatoms. The standard InChI is InChI=1S/C16H12IN3O2/c17-8-5-6-12-10(7-8)13(16(21)19-12)15-14(20-22)9-3-1-2-4-11(9)18-15/h1-7,13,15,18,22H,(H,19,21)/b20-14+. The van der Waals surface area contributed by atoms with Crippen LogP contribution in [0.2, 0.25) is 0 Å². The first-order valence-electron chi connectivity index (χ1n) is 6.87. The highest BCUT2D eigenvalue weighted by Crippen LogP contribution is 2.40. The molecule has 2 unspecified atom stereocenters. The Hall–Kier alpha value is -2.09. The number of nitrogens with zero attached hydrogens (tertiary/aromatic N) is 1. The Kier molecular flexibility index (Phi) is 3.07. The van der Waals surface area contributed by atoms with Gasteiger partial charge in [-0.25, -0.2) is 0 Å². The molecule has 0 aliphatic carbocycles. The number of fused-ring (bicyclic) bond motifs is 2. The minimum absolute atomic E-state index is 0.0801. The molecule has 2 aromatic carbocycles. The molecule has 22 heavy (non-hydrogen) atoms. The number of halogens is 1. The largest absolute Gasteiger partial charge is 0.411 e. The third-order valence-corrected chi connectivity index (χ3v) is 4.81. The summed E-state index contributed by atoms with van der Waals surface area (Å²) in [6.45, 7) is 0. The third-order valence-electron chi connectivity index (χ3n) is 4.14. The van der Waals surface area contributed by atoms with Crippen LogP contribution >= 0.6 is 22.6 Å². The summed E-state index contributed by atoms with van der Waals surface area (Å²) in [5.74, 6) is -0.494. The van der Waals surface area contributed by atoms with Gasteiger partial charge in [0.1, 0.15) is 5.71 Å². The van der Waals surface area contributed by atoms with Crippen molar-refractivity contribution in [3.8, 4) is 0 Å². The minimum Gasteiger partial charge on any atom is -0.411 e. The van der Waals surface area contributed by atoms with Crippen LogP contribution in [-0.2, 0) is 4.79 Å². The number of carbonyl (C=O) groups is 1. The molecule has 0 saturated carbocycles. The normalized spacial score (nSPS) is 23.9. The number of benzene rings is 2. The van der Waals surface area contributed by atoms with Crippen LogP contribution in [0.15, 0.2) is 47.6 Å².